The van der Waals surface area contributed by atoms with E-state index in [1.54, 1.807) is 18.2 Å². The largest absolute Gasteiger partial charge is 0.362 e. The lowest BCUT2D eigenvalue weighted by Gasteiger charge is -2.30. The fourth-order valence-corrected chi connectivity index (χ4v) is 2.99. The number of aryl methyl sites for hydroxylation is 1. The van der Waals surface area contributed by atoms with Crippen LogP contribution >= 0.6 is 0 Å². The Morgan fingerprint density at radius 1 is 1.00 bits per heavy atom. The summed E-state index contributed by atoms with van der Waals surface area (Å²) in [5, 5.41) is 0. The van der Waals surface area contributed by atoms with Crippen molar-refractivity contribution in [2.75, 3.05) is 18.0 Å². The summed E-state index contributed by atoms with van der Waals surface area (Å²) in [6.07, 6.45) is 1.87. The lowest BCUT2D eigenvalue weighted by molar-refractivity contribution is -0.127. The van der Waals surface area contributed by atoms with E-state index in [9.17, 15) is 14.0 Å². The zero-order chi connectivity index (χ0) is 17.6. The van der Waals surface area contributed by atoms with Crippen LogP contribution in [0.1, 0.15) is 17.5 Å². The summed E-state index contributed by atoms with van der Waals surface area (Å²) in [6, 6.07) is 14.1. The van der Waals surface area contributed by atoms with Gasteiger partial charge in [-0.05, 0) is 36.1 Å². The maximum Gasteiger partial charge on any atom is 0.257 e. The third kappa shape index (κ3) is 4.35. The van der Waals surface area contributed by atoms with Crippen molar-refractivity contribution in [1.29, 1.82) is 0 Å². The van der Waals surface area contributed by atoms with E-state index in [2.05, 4.69) is 16.9 Å². The van der Waals surface area contributed by atoms with Gasteiger partial charge in [-0.2, -0.15) is 0 Å². The standard InChI is InChI=1S/C19H20FN3O2/c20-16-9-3-1-7-15(16)12-18(24)21-22-19(25)13-23-11-5-8-14-6-2-4-10-17(14)23/h1-4,6-7,9-10H,5,8,11-13H2,(H,21,24)(H,22,25). The molecule has 2 amide bonds. The molecule has 0 atom stereocenters. The third-order valence-electron chi connectivity index (χ3n) is 4.19. The molecule has 2 aromatic carbocycles. The van der Waals surface area contributed by atoms with Crippen LogP contribution in [-0.4, -0.2) is 24.9 Å². The SMILES string of the molecule is O=C(Cc1ccccc1F)NNC(=O)CN1CCCc2ccccc21. The van der Waals surface area contributed by atoms with Crippen LogP contribution in [0.15, 0.2) is 48.5 Å². The fraction of sp³-hybridized carbons (Fsp3) is 0.263. The highest BCUT2D eigenvalue weighted by molar-refractivity contribution is 5.86. The Hall–Kier alpha value is -2.89. The molecule has 0 aliphatic carbocycles. The summed E-state index contributed by atoms with van der Waals surface area (Å²) < 4.78 is 13.5. The van der Waals surface area contributed by atoms with Gasteiger partial charge in [0, 0.05) is 12.2 Å². The van der Waals surface area contributed by atoms with Crippen LogP contribution in [0.2, 0.25) is 0 Å². The Morgan fingerprint density at radius 3 is 2.56 bits per heavy atom. The monoisotopic (exact) mass is 341 g/mol. The van der Waals surface area contributed by atoms with Gasteiger partial charge in [-0.3, -0.25) is 20.4 Å². The second kappa shape index (κ2) is 7.79. The number of nitrogens with one attached hydrogen (secondary N) is 2. The molecule has 0 aromatic heterocycles. The molecule has 0 unspecified atom stereocenters. The number of hydrogen-bond donors (Lipinski definition) is 2. The van der Waals surface area contributed by atoms with Crippen molar-refractivity contribution in [3.63, 3.8) is 0 Å². The number of para-hydroxylation sites is 1. The summed E-state index contributed by atoms with van der Waals surface area (Å²) >= 11 is 0. The molecule has 0 fully saturated rings. The van der Waals surface area contributed by atoms with Gasteiger partial charge in [0.25, 0.3) is 5.91 Å². The Kier molecular flexibility index (Phi) is 5.28. The van der Waals surface area contributed by atoms with Crippen molar-refractivity contribution in [2.24, 2.45) is 0 Å². The van der Waals surface area contributed by atoms with E-state index < -0.39 is 11.7 Å². The summed E-state index contributed by atoms with van der Waals surface area (Å²) in [5.41, 5.74) is 7.31. The molecular weight excluding hydrogens is 321 g/mol. The van der Waals surface area contributed by atoms with Crippen molar-refractivity contribution in [3.05, 3.63) is 65.5 Å². The Bertz CT molecular complexity index is 779. The third-order valence-corrected chi connectivity index (χ3v) is 4.19. The number of halogens is 1. The number of anilines is 1. The van der Waals surface area contributed by atoms with Crippen LogP contribution < -0.4 is 15.8 Å². The van der Waals surface area contributed by atoms with Crippen LogP contribution in [0.5, 0.6) is 0 Å². The van der Waals surface area contributed by atoms with E-state index in [0.29, 0.717) is 5.56 Å². The highest BCUT2D eigenvalue weighted by Gasteiger charge is 2.18. The van der Waals surface area contributed by atoms with Crippen molar-refractivity contribution < 1.29 is 14.0 Å². The summed E-state index contributed by atoms with van der Waals surface area (Å²) in [7, 11) is 0. The first kappa shape index (κ1) is 17.0. The molecule has 1 aliphatic rings. The molecule has 0 radical (unpaired) electrons. The molecule has 2 aromatic rings. The van der Waals surface area contributed by atoms with Crippen molar-refractivity contribution >= 4 is 17.5 Å². The molecule has 0 saturated heterocycles. The van der Waals surface area contributed by atoms with Gasteiger partial charge in [0.05, 0.1) is 13.0 Å². The van der Waals surface area contributed by atoms with E-state index in [1.165, 1.54) is 11.6 Å². The zero-order valence-corrected chi connectivity index (χ0v) is 13.8. The van der Waals surface area contributed by atoms with Gasteiger partial charge in [-0.25, -0.2) is 4.39 Å². The van der Waals surface area contributed by atoms with E-state index in [-0.39, 0.29) is 18.9 Å². The zero-order valence-electron chi connectivity index (χ0n) is 13.8. The van der Waals surface area contributed by atoms with Crippen molar-refractivity contribution in [3.8, 4) is 0 Å². The van der Waals surface area contributed by atoms with Crippen LogP contribution in [0.4, 0.5) is 10.1 Å². The van der Waals surface area contributed by atoms with Gasteiger partial charge < -0.3 is 4.90 Å². The minimum absolute atomic E-state index is 0.125. The first-order valence-electron chi connectivity index (χ1n) is 8.27. The second-order valence-electron chi connectivity index (χ2n) is 6.02. The molecule has 0 saturated carbocycles. The number of carbonyl (C=O) groups excluding carboxylic acids is 2. The van der Waals surface area contributed by atoms with E-state index in [0.717, 1.165) is 25.1 Å². The molecule has 5 nitrogen and oxygen atoms in total. The van der Waals surface area contributed by atoms with Crippen LogP contribution in [0.3, 0.4) is 0 Å². The number of hydrazine groups is 1. The average molecular weight is 341 g/mol. The number of amides is 2. The highest BCUT2D eigenvalue weighted by Crippen LogP contribution is 2.26. The molecule has 6 heteroatoms. The normalized spacial score (nSPS) is 13.1. The summed E-state index contributed by atoms with van der Waals surface area (Å²) in [5.74, 6) is -1.20. The Morgan fingerprint density at radius 2 is 1.72 bits per heavy atom. The fourth-order valence-electron chi connectivity index (χ4n) is 2.99. The van der Waals surface area contributed by atoms with Gasteiger partial charge in [-0.15, -0.1) is 0 Å². The molecule has 1 heterocycles. The lowest BCUT2D eigenvalue weighted by Crippen LogP contribution is -2.47. The number of benzene rings is 2. The molecule has 130 valence electrons. The van der Waals surface area contributed by atoms with Gasteiger partial charge in [0.2, 0.25) is 5.91 Å². The number of fused-ring (bicyclic) bond motifs is 1. The summed E-state index contributed by atoms with van der Waals surface area (Å²) in [6.45, 7) is 0.963. The van der Waals surface area contributed by atoms with Crippen LogP contribution in [-0.2, 0) is 22.4 Å². The first-order chi connectivity index (χ1) is 12.1. The molecular formula is C19H20FN3O2. The van der Waals surface area contributed by atoms with Crippen molar-refractivity contribution in [2.45, 2.75) is 19.3 Å². The molecule has 25 heavy (non-hydrogen) atoms. The van der Waals surface area contributed by atoms with Gasteiger partial charge in [-0.1, -0.05) is 36.4 Å². The van der Waals surface area contributed by atoms with Gasteiger partial charge in [0.15, 0.2) is 0 Å². The smallest absolute Gasteiger partial charge is 0.257 e. The van der Waals surface area contributed by atoms with E-state index >= 15 is 0 Å². The molecule has 1 aliphatic heterocycles. The minimum Gasteiger partial charge on any atom is -0.362 e. The molecule has 0 bridgehead atoms. The Balaban J connectivity index is 1.50. The summed E-state index contributed by atoms with van der Waals surface area (Å²) in [4.78, 5) is 26.0. The lowest BCUT2D eigenvalue weighted by atomic mass is 10.0. The number of nitrogens with zero attached hydrogens (tertiary/aromatic N) is 1. The maximum atomic E-state index is 13.5. The van der Waals surface area contributed by atoms with Crippen LogP contribution in [0, 0.1) is 5.82 Å². The quantitative estimate of drug-likeness (QED) is 0.836. The highest BCUT2D eigenvalue weighted by atomic mass is 19.1. The maximum absolute atomic E-state index is 13.5. The molecule has 3 rings (SSSR count). The average Bonchev–Trinajstić information content (AvgIpc) is 2.62. The van der Waals surface area contributed by atoms with E-state index in [1.807, 2.05) is 23.1 Å². The topological polar surface area (TPSA) is 61.4 Å². The Labute approximate surface area is 145 Å². The number of carbonyl (C=O) groups is 2. The van der Waals surface area contributed by atoms with Gasteiger partial charge in [0.1, 0.15) is 5.82 Å². The molecule has 2 N–H and O–H groups in total. The minimum atomic E-state index is -0.461. The first-order valence-corrected chi connectivity index (χ1v) is 8.27. The van der Waals surface area contributed by atoms with Crippen LogP contribution in [0.25, 0.3) is 0 Å². The predicted molar refractivity (Wildman–Crippen MR) is 93.4 cm³/mol. The van der Waals surface area contributed by atoms with E-state index in [4.69, 9.17) is 0 Å². The number of rotatable bonds is 4. The predicted octanol–water partition coefficient (Wildman–Crippen LogP) is 1.97. The molecule has 0 spiro atoms. The number of hydrogen-bond acceptors (Lipinski definition) is 3. The van der Waals surface area contributed by atoms with Crippen molar-refractivity contribution in [1.82, 2.24) is 10.9 Å². The van der Waals surface area contributed by atoms with Gasteiger partial charge >= 0.3 is 0 Å². The second-order valence-corrected chi connectivity index (χ2v) is 6.02.